The molecule has 2 heterocycles. The monoisotopic (exact) mass is 314 g/mol. The Morgan fingerprint density at radius 3 is 3.18 bits per heavy atom. The molecule has 0 saturated carbocycles. The third-order valence-electron chi connectivity index (χ3n) is 4.55. The molecule has 2 aliphatic rings. The lowest BCUT2D eigenvalue weighted by molar-refractivity contribution is 0.538. The maximum absolute atomic E-state index is 4.70. The Morgan fingerprint density at radius 2 is 2.23 bits per heavy atom. The van der Waals surface area contributed by atoms with Gasteiger partial charge in [-0.05, 0) is 50.2 Å². The Balaban J connectivity index is 1.58. The average Bonchev–Trinajstić information content (AvgIpc) is 2.77. The van der Waals surface area contributed by atoms with Crippen LogP contribution in [0.3, 0.4) is 0 Å². The van der Waals surface area contributed by atoms with Gasteiger partial charge in [-0.2, -0.15) is 4.98 Å². The molecule has 1 N–H and O–H groups in total. The van der Waals surface area contributed by atoms with Gasteiger partial charge in [0.05, 0.1) is 6.04 Å². The lowest BCUT2D eigenvalue weighted by Crippen LogP contribution is -2.18. The fourth-order valence-corrected chi connectivity index (χ4v) is 4.36. The molecule has 0 amide bonds. The van der Waals surface area contributed by atoms with Crippen LogP contribution in [-0.4, -0.2) is 20.5 Å². The van der Waals surface area contributed by atoms with E-state index >= 15 is 0 Å². The van der Waals surface area contributed by atoms with Crippen LogP contribution in [0.1, 0.15) is 48.4 Å². The van der Waals surface area contributed by atoms with E-state index in [2.05, 4.69) is 40.2 Å². The molecular weight excluding hydrogens is 292 g/mol. The van der Waals surface area contributed by atoms with Crippen LogP contribution in [0.5, 0.6) is 0 Å². The molecule has 0 fully saturated rings. The van der Waals surface area contributed by atoms with Gasteiger partial charge in [0, 0.05) is 12.3 Å². The lowest BCUT2D eigenvalue weighted by Gasteiger charge is -2.26. The third-order valence-corrected chi connectivity index (χ3v) is 5.61. The maximum atomic E-state index is 4.70. The first-order chi connectivity index (χ1) is 10.8. The normalized spacial score (nSPS) is 20.9. The van der Waals surface area contributed by atoms with E-state index in [1.165, 1.54) is 42.4 Å². The largest absolute Gasteiger partial charge is 0.346 e. The van der Waals surface area contributed by atoms with E-state index in [1.807, 2.05) is 11.8 Å². The first kappa shape index (κ1) is 14.1. The number of aromatic nitrogens is 3. The van der Waals surface area contributed by atoms with E-state index in [1.54, 1.807) is 0 Å². The summed E-state index contributed by atoms with van der Waals surface area (Å²) in [4.78, 5) is 4.70. The van der Waals surface area contributed by atoms with Gasteiger partial charge in [0.1, 0.15) is 0 Å². The smallest absolute Gasteiger partial charge is 0.243 e. The van der Waals surface area contributed by atoms with Crippen molar-refractivity contribution in [3.63, 3.8) is 0 Å². The van der Waals surface area contributed by atoms with E-state index in [-0.39, 0.29) is 0 Å². The van der Waals surface area contributed by atoms with Crippen LogP contribution in [0.2, 0.25) is 0 Å². The van der Waals surface area contributed by atoms with Crippen molar-refractivity contribution in [1.29, 1.82) is 0 Å². The van der Waals surface area contributed by atoms with Crippen molar-refractivity contribution in [2.24, 2.45) is 0 Å². The second-order valence-corrected chi connectivity index (χ2v) is 7.35. The van der Waals surface area contributed by atoms with Gasteiger partial charge in [0.15, 0.2) is 5.16 Å². The first-order valence-corrected chi connectivity index (χ1v) is 9.22. The van der Waals surface area contributed by atoms with E-state index < -0.39 is 0 Å². The summed E-state index contributed by atoms with van der Waals surface area (Å²) in [6.45, 7) is 3.16. The molecule has 1 aromatic carbocycles. The quantitative estimate of drug-likeness (QED) is 0.911. The number of nitrogens with zero attached hydrogens (tertiary/aromatic N) is 3. The van der Waals surface area contributed by atoms with Gasteiger partial charge in [-0.3, -0.25) is 0 Å². The molecule has 0 radical (unpaired) electrons. The highest BCUT2D eigenvalue weighted by Crippen LogP contribution is 2.33. The highest BCUT2D eigenvalue weighted by Gasteiger charge is 2.22. The molecule has 0 saturated heterocycles. The van der Waals surface area contributed by atoms with Crippen molar-refractivity contribution < 1.29 is 0 Å². The second kappa shape index (κ2) is 5.95. The highest BCUT2D eigenvalue weighted by atomic mass is 32.2. The molecule has 116 valence electrons. The number of nitrogens with one attached hydrogen (secondary N) is 1. The van der Waals surface area contributed by atoms with Gasteiger partial charge in [0.2, 0.25) is 5.95 Å². The fourth-order valence-electron chi connectivity index (χ4n) is 3.39. The van der Waals surface area contributed by atoms with Crippen molar-refractivity contribution in [2.45, 2.75) is 56.8 Å². The number of aryl methyl sites for hydroxylation is 3. The minimum Gasteiger partial charge on any atom is -0.346 e. The van der Waals surface area contributed by atoms with Crippen molar-refractivity contribution in [1.82, 2.24) is 14.8 Å². The Kier molecular flexibility index (Phi) is 3.82. The molecule has 22 heavy (non-hydrogen) atoms. The third kappa shape index (κ3) is 2.74. The van der Waals surface area contributed by atoms with E-state index in [4.69, 9.17) is 4.98 Å². The summed E-state index contributed by atoms with van der Waals surface area (Å²) in [7, 11) is 0. The van der Waals surface area contributed by atoms with Crippen molar-refractivity contribution in [3.05, 3.63) is 34.9 Å². The zero-order valence-corrected chi connectivity index (χ0v) is 13.8. The molecule has 2 aromatic rings. The predicted molar refractivity (Wildman–Crippen MR) is 90.5 cm³/mol. The van der Waals surface area contributed by atoms with E-state index in [0.29, 0.717) is 6.04 Å². The van der Waals surface area contributed by atoms with Crippen LogP contribution in [0, 0.1) is 6.92 Å². The maximum Gasteiger partial charge on any atom is 0.243 e. The minimum atomic E-state index is 0.347. The number of fused-ring (bicyclic) bond motifs is 2. The Morgan fingerprint density at radius 1 is 1.27 bits per heavy atom. The lowest BCUT2D eigenvalue weighted by atomic mass is 9.87. The average molecular weight is 314 g/mol. The molecule has 1 aliphatic heterocycles. The number of rotatable bonds is 2. The molecular formula is C17H22N4S. The van der Waals surface area contributed by atoms with Gasteiger partial charge < -0.3 is 5.32 Å². The summed E-state index contributed by atoms with van der Waals surface area (Å²) in [6.07, 6.45) is 6.04. The van der Waals surface area contributed by atoms with Crippen LogP contribution in [0.15, 0.2) is 23.4 Å². The van der Waals surface area contributed by atoms with Crippen LogP contribution < -0.4 is 5.32 Å². The summed E-state index contributed by atoms with van der Waals surface area (Å²) in [6, 6.07) is 7.17. The van der Waals surface area contributed by atoms with Gasteiger partial charge in [-0.15, -0.1) is 5.10 Å². The molecule has 1 atom stereocenters. The molecule has 4 nitrogen and oxygen atoms in total. The summed E-state index contributed by atoms with van der Waals surface area (Å²) < 4.78 is 2.07. The Bertz CT molecular complexity index is 656. The Labute approximate surface area is 135 Å². The number of thioether (sulfide) groups is 1. The SMILES string of the molecule is Cc1ccc2c(c1)C(Nc1nc3n(n1)CCCCS3)CCC2. The van der Waals surface area contributed by atoms with Gasteiger partial charge in [0.25, 0.3) is 0 Å². The first-order valence-electron chi connectivity index (χ1n) is 8.23. The van der Waals surface area contributed by atoms with Crippen molar-refractivity contribution >= 4 is 17.7 Å². The summed E-state index contributed by atoms with van der Waals surface area (Å²) >= 11 is 1.83. The van der Waals surface area contributed by atoms with Crippen molar-refractivity contribution in [2.75, 3.05) is 11.1 Å². The van der Waals surface area contributed by atoms with Crippen LogP contribution in [0.4, 0.5) is 5.95 Å². The zero-order chi connectivity index (χ0) is 14.9. The fraction of sp³-hybridized carbons (Fsp3) is 0.529. The van der Waals surface area contributed by atoms with Crippen LogP contribution in [0.25, 0.3) is 0 Å². The highest BCUT2D eigenvalue weighted by molar-refractivity contribution is 7.99. The summed E-state index contributed by atoms with van der Waals surface area (Å²) in [5, 5.41) is 9.33. The zero-order valence-electron chi connectivity index (χ0n) is 13.0. The van der Waals surface area contributed by atoms with Crippen LogP contribution in [-0.2, 0) is 13.0 Å². The molecule has 1 unspecified atom stereocenters. The van der Waals surface area contributed by atoms with E-state index in [0.717, 1.165) is 29.8 Å². The van der Waals surface area contributed by atoms with Crippen LogP contribution >= 0.6 is 11.8 Å². The molecule has 5 heteroatoms. The molecule has 1 aromatic heterocycles. The molecule has 1 aliphatic carbocycles. The molecule has 4 rings (SSSR count). The second-order valence-electron chi connectivity index (χ2n) is 6.29. The van der Waals surface area contributed by atoms with Gasteiger partial charge in [-0.25, -0.2) is 4.68 Å². The topological polar surface area (TPSA) is 42.7 Å². The number of benzene rings is 1. The van der Waals surface area contributed by atoms with Crippen molar-refractivity contribution in [3.8, 4) is 0 Å². The van der Waals surface area contributed by atoms with Gasteiger partial charge >= 0.3 is 0 Å². The van der Waals surface area contributed by atoms with Gasteiger partial charge in [-0.1, -0.05) is 35.5 Å². The minimum absolute atomic E-state index is 0.347. The number of hydrogen-bond donors (Lipinski definition) is 1. The standard InChI is InChI=1S/C17H22N4S/c1-12-7-8-13-5-4-6-15(14(13)11-12)18-16-19-17-21(20-16)9-2-3-10-22-17/h7-8,11,15H,2-6,9-10H2,1H3,(H,18,20). The summed E-state index contributed by atoms with van der Waals surface area (Å²) in [5.41, 5.74) is 4.24. The number of hydrogen-bond acceptors (Lipinski definition) is 4. The molecule has 0 bridgehead atoms. The summed E-state index contributed by atoms with van der Waals surface area (Å²) in [5.74, 6) is 1.95. The van der Waals surface area contributed by atoms with E-state index in [9.17, 15) is 0 Å². The molecule has 0 spiro atoms. The number of anilines is 1. The predicted octanol–water partition coefficient (Wildman–Crippen LogP) is 3.96. The Hall–Kier alpha value is -1.49.